The van der Waals surface area contributed by atoms with E-state index in [1.165, 1.54) is 11.1 Å². The van der Waals surface area contributed by atoms with Crippen molar-refractivity contribution in [1.82, 2.24) is 9.88 Å². The molecule has 2 fully saturated rings. The number of carbonyl (C=O) groups is 2. The van der Waals surface area contributed by atoms with Crippen LogP contribution in [0.5, 0.6) is 0 Å². The summed E-state index contributed by atoms with van der Waals surface area (Å²) in [6.45, 7) is 2.01. The molecule has 1 N–H and O–H groups in total. The standard InChI is InChI=1S/C24H24BrN3O2/c25-18-5-3-6-19(15-18)28-13-10-20(24(28)30)23(29)27-11-8-16(9-12-27)22-14-17-4-1-2-7-21(17)26-22/h1-7,14-16,20,26H,8-13H2. The minimum absolute atomic E-state index is 0.00686. The van der Waals surface area contributed by atoms with Crippen molar-refractivity contribution in [2.24, 2.45) is 5.92 Å². The fourth-order valence-electron chi connectivity index (χ4n) is 4.76. The lowest BCUT2D eigenvalue weighted by Gasteiger charge is -2.33. The zero-order valence-corrected chi connectivity index (χ0v) is 18.3. The monoisotopic (exact) mass is 465 g/mol. The molecular weight excluding hydrogens is 442 g/mol. The smallest absolute Gasteiger partial charge is 0.239 e. The van der Waals surface area contributed by atoms with Crippen LogP contribution in [-0.2, 0) is 9.59 Å². The van der Waals surface area contributed by atoms with Gasteiger partial charge in [-0.2, -0.15) is 0 Å². The Hall–Kier alpha value is -2.60. The minimum atomic E-state index is -0.548. The molecule has 30 heavy (non-hydrogen) atoms. The number of carbonyl (C=O) groups excluding carboxylic acids is 2. The summed E-state index contributed by atoms with van der Waals surface area (Å²) in [5.74, 6) is -0.198. The van der Waals surface area contributed by atoms with Crippen LogP contribution in [-0.4, -0.2) is 41.3 Å². The Morgan fingerprint density at radius 3 is 2.53 bits per heavy atom. The lowest BCUT2D eigenvalue weighted by Crippen LogP contribution is -2.43. The first-order chi connectivity index (χ1) is 14.6. The van der Waals surface area contributed by atoms with Crippen LogP contribution in [0, 0.1) is 5.92 Å². The molecule has 5 nitrogen and oxygen atoms in total. The van der Waals surface area contributed by atoms with Crippen LogP contribution in [0.3, 0.4) is 0 Å². The first kappa shape index (κ1) is 19.4. The summed E-state index contributed by atoms with van der Waals surface area (Å²) in [5.41, 5.74) is 3.26. The molecule has 5 rings (SSSR count). The van der Waals surface area contributed by atoms with Crippen molar-refractivity contribution < 1.29 is 9.59 Å². The minimum Gasteiger partial charge on any atom is -0.358 e. The first-order valence-corrected chi connectivity index (χ1v) is 11.3. The van der Waals surface area contributed by atoms with Crippen LogP contribution in [0.2, 0.25) is 0 Å². The number of H-pyrrole nitrogens is 1. The SMILES string of the molecule is O=C(C1CCN(c2cccc(Br)c2)C1=O)N1CCC(c2cc3ccccc3[nH]2)CC1. The fourth-order valence-corrected chi connectivity index (χ4v) is 5.14. The molecule has 1 aromatic heterocycles. The molecule has 0 bridgehead atoms. The van der Waals surface area contributed by atoms with Gasteiger partial charge in [-0.25, -0.2) is 0 Å². The van der Waals surface area contributed by atoms with Gasteiger partial charge in [0.25, 0.3) is 0 Å². The van der Waals surface area contributed by atoms with Gasteiger partial charge < -0.3 is 14.8 Å². The van der Waals surface area contributed by atoms with Gasteiger partial charge in [-0.05, 0) is 55.0 Å². The van der Waals surface area contributed by atoms with E-state index in [0.717, 1.165) is 28.5 Å². The Kier molecular flexibility index (Phi) is 5.11. The number of para-hydroxylation sites is 1. The van der Waals surface area contributed by atoms with E-state index in [2.05, 4.69) is 45.2 Å². The Balaban J connectivity index is 1.23. The highest BCUT2D eigenvalue weighted by atomic mass is 79.9. The first-order valence-electron chi connectivity index (χ1n) is 10.5. The Morgan fingerprint density at radius 1 is 0.967 bits per heavy atom. The average Bonchev–Trinajstić information content (AvgIpc) is 3.37. The number of aromatic nitrogens is 1. The van der Waals surface area contributed by atoms with E-state index in [1.807, 2.05) is 35.2 Å². The molecule has 3 aromatic rings. The van der Waals surface area contributed by atoms with E-state index in [0.29, 0.717) is 32.0 Å². The van der Waals surface area contributed by atoms with Crippen LogP contribution < -0.4 is 4.90 Å². The largest absolute Gasteiger partial charge is 0.358 e. The van der Waals surface area contributed by atoms with E-state index >= 15 is 0 Å². The van der Waals surface area contributed by atoms with Gasteiger partial charge in [0.2, 0.25) is 11.8 Å². The summed E-state index contributed by atoms with van der Waals surface area (Å²) in [6, 6.07) is 18.2. The molecule has 2 saturated heterocycles. The second-order valence-electron chi connectivity index (χ2n) is 8.22. The number of piperidine rings is 1. The van der Waals surface area contributed by atoms with E-state index in [9.17, 15) is 9.59 Å². The number of rotatable bonds is 3. The number of likely N-dealkylation sites (tertiary alicyclic amines) is 1. The van der Waals surface area contributed by atoms with Crippen molar-refractivity contribution in [2.45, 2.75) is 25.2 Å². The second-order valence-corrected chi connectivity index (χ2v) is 9.14. The summed E-state index contributed by atoms with van der Waals surface area (Å²) < 4.78 is 0.932. The number of nitrogens with zero attached hydrogens (tertiary/aromatic N) is 2. The third-order valence-corrected chi connectivity index (χ3v) is 6.91. The van der Waals surface area contributed by atoms with Crippen LogP contribution in [0.4, 0.5) is 5.69 Å². The molecule has 2 aliphatic rings. The molecule has 0 saturated carbocycles. The number of halogens is 1. The molecule has 0 aliphatic carbocycles. The predicted octanol–water partition coefficient (Wildman–Crippen LogP) is 4.69. The zero-order valence-electron chi connectivity index (χ0n) is 16.7. The fraction of sp³-hybridized carbons (Fsp3) is 0.333. The van der Waals surface area contributed by atoms with E-state index in [4.69, 9.17) is 0 Å². The van der Waals surface area contributed by atoms with E-state index < -0.39 is 5.92 Å². The Bertz CT molecular complexity index is 1070. The molecular formula is C24H24BrN3O2. The van der Waals surface area contributed by atoms with Crippen molar-refractivity contribution in [3.05, 3.63) is 64.8 Å². The summed E-state index contributed by atoms with van der Waals surface area (Å²) in [6.07, 6.45) is 2.44. The van der Waals surface area contributed by atoms with Gasteiger partial charge in [-0.15, -0.1) is 0 Å². The number of hydrogen-bond acceptors (Lipinski definition) is 2. The number of fused-ring (bicyclic) bond motifs is 1. The normalized spacial score (nSPS) is 20.3. The molecule has 2 aliphatic heterocycles. The number of nitrogens with one attached hydrogen (secondary N) is 1. The molecule has 2 amide bonds. The van der Waals surface area contributed by atoms with Gasteiger partial charge >= 0.3 is 0 Å². The zero-order chi connectivity index (χ0) is 20.7. The maximum atomic E-state index is 13.1. The predicted molar refractivity (Wildman–Crippen MR) is 121 cm³/mol. The second kappa shape index (κ2) is 7.91. The van der Waals surface area contributed by atoms with Crippen molar-refractivity contribution in [2.75, 3.05) is 24.5 Å². The number of anilines is 1. The summed E-state index contributed by atoms with van der Waals surface area (Å²) in [4.78, 5) is 33.2. The average molecular weight is 466 g/mol. The maximum Gasteiger partial charge on any atom is 0.239 e. The molecule has 1 atom stereocenters. The maximum absolute atomic E-state index is 13.1. The van der Waals surface area contributed by atoms with Crippen molar-refractivity contribution >= 4 is 44.3 Å². The summed E-state index contributed by atoms with van der Waals surface area (Å²) >= 11 is 3.46. The van der Waals surface area contributed by atoms with Crippen LogP contribution in [0.25, 0.3) is 10.9 Å². The van der Waals surface area contributed by atoms with Crippen molar-refractivity contribution in [3.8, 4) is 0 Å². The molecule has 0 spiro atoms. The van der Waals surface area contributed by atoms with Gasteiger partial charge in [0.15, 0.2) is 0 Å². The van der Waals surface area contributed by atoms with Gasteiger partial charge in [0.1, 0.15) is 5.92 Å². The number of hydrogen-bond donors (Lipinski definition) is 1. The van der Waals surface area contributed by atoms with Gasteiger partial charge in [0, 0.05) is 46.9 Å². The highest BCUT2D eigenvalue weighted by Crippen LogP contribution is 2.32. The molecule has 6 heteroatoms. The van der Waals surface area contributed by atoms with Gasteiger partial charge in [-0.1, -0.05) is 40.2 Å². The molecule has 0 radical (unpaired) electrons. The van der Waals surface area contributed by atoms with Crippen LogP contribution in [0.15, 0.2) is 59.1 Å². The van der Waals surface area contributed by atoms with Gasteiger partial charge in [-0.3, -0.25) is 9.59 Å². The number of aromatic amines is 1. The highest BCUT2D eigenvalue weighted by Gasteiger charge is 2.40. The third kappa shape index (κ3) is 3.54. The van der Waals surface area contributed by atoms with E-state index in [-0.39, 0.29) is 11.8 Å². The molecule has 3 heterocycles. The topological polar surface area (TPSA) is 56.4 Å². The lowest BCUT2D eigenvalue weighted by molar-refractivity contribution is -0.140. The van der Waals surface area contributed by atoms with Crippen LogP contribution >= 0.6 is 15.9 Å². The molecule has 154 valence electrons. The Morgan fingerprint density at radius 2 is 1.77 bits per heavy atom. The molecule has 1 unspecified atom stereocenters. The van der Waals surface area contributed by atoms with Gasteiger partial charge in [0.05, 0.1) is 0 Å². The number of amides is 2. The lowest BCUT2D eigenvalue weighted by atomic mass is 9.92. The quantitative estimate of drug-likeness (QED) is 0.570. The highest BCUT2D eigenvalue weighted by molar-refractivity contribution is 9.10. The Labute approximate surface area is 184 Å². The summed E-state index contributed by atoms with van der Waals surface area (Å²) in [7, 11) is 0. The molecule has 2 aromatic carbocycles. The van der Waals surface area contributed by atoms with Crippen molar-refractivity contribution in [1.29, 1.82) is 0 Å². The van der Waals surface area contributed by atoms with Crippen molar-refractivity contribution in [3.63, 3.8) is 0 Å². The van der Waals surface area contributed by atoms with Crippen LogP contribution in [0.1, 0.15) is 30.9 Å². The summed E-state index contributed by atoms with van der Waals surface area (Å²) in [5, 5.41) is 1.23. The van der Waals surface area contributed by atoms with E-state index in [1.54, 1.807) is 4.90 Å². The number of benzene rings is 2. The third-order valence-electron chi connectivity index (χ3n) is 6.42.